The smallest absolute Gasteiger partial charge is 0.272 e. The average molecular weight is 391 g/mol. The van der Waals surface area contributed by atoms with Crippen LogP contribution in [0.5, 0.6) is 0 Å². The second-order valence-corrected chi connectivity index (χ2v) is 8.13. The van der Waals surface area contributed by atoms with E-state index >= 15 is 0 Å². The van der Waals surface area contributed by atoms with Gasteiger partial charge in [-0.3, -0.25) is 9.59 Å². The van der Waals surface area contributed by atoms with Crippen molar-refractivity contribution >= 4 is 16.7 Å². The molecule has 29 heavy (non-hydrogen) atoms. The molecule has 2 bridgehead atoms. The Morgan fingerprint density at radius 3 is 2.38 bits per heavy atom. The topological polar surface area (TPSA) is 66.1 Å². The maximum Gasteiger partial charge on any atom is 0.272 e. The second kappa shape index (κ2) is 7.10. The van der Waals surface area contributed by atoms with Gasteiger partial charge in [0.2, 0.25) is 5.91 Å². The number of carbonyl (C=O) groups is 1. The lowest BCUT2D eigenvalue weighted by Crippen LogP contribution is -2.46. The molecule has 1 N–H and O–H groups in total. The Labute approximate surface area is 167 Å². The molecular weight excluding hydrogens is 369 g/mol. The number of rotatable bonds is 3. The standard InChI is InChI=1S/C23H22FN3O2/c24-16-7-5-14(6-8-16)15-11-17-9-10-18(12-15)27(17)22(28)13-21-19-3-1-2-4-20(19)23(29)26-25-21/h1-8,15,17-18H,9-13H2,(H,26,29)/t17-,18-/m1/s1. The van der Waals surface area contributed by atoms with Gasteiger partial charge in [-0.1, -0.05) is 30.3 Å². The molecule has 2 atom stereocenters. The maximum absolute atomic E-state index is 13.2. The van der Waals surface area contributed by atoms with Gasteiger partial charge in [-0.25, -0.2) is 9.49 Å². The fourth-order valence-electron chi connectivity index (χ4n) is 5.13. The van der Waals surface area contributed by atoms with Crippen LogP contribution in [-0.4, -0.2) is 33.1 Å². The number of piperidine rings is 1. The molecule has 0 aliphatic carbocycles. The average Bonchev–Trinajstić information content (AvgIpc) is 3.00. The number of fused-ring (bicyclic) bond motifs is 3. The highest BCUT2D eigenvalue weighted by atomic mass is 19.1. The van der Waals surface area contributed by atoms with E-state index in [1.165, 1.54) is 12.1 Å². The molecule has 2 aliphatic heterocycles. The lowest BCUT2D eigenvalue weighted by atomic mass is 9.85. The van der Waals surface area contributed by atoms with E-state index in [0.29, 0.717) is 17.0 Å². The third kappa shape index (κ3) is 3.22. The van der Waals surface area contributed by atoms with Crippen LogP contribution in [0.2, 0.25) is 0 Å². The number of halogens is 1. The number of nitrogens with zero attached hydrogens (tertiary/aromatic N) is 2. The van der Waals surface area contributed by atoms with Gasteiger partial charge >= 0.3 is 0 Å². The van der Waals surface area contributed by atoms with E-state index in [9.17, 15) is 14.0 Å². The summed E-state index contributed by atoms with van der Waals surface area (Å²) in [6, 6.07) is 14.5. The molecule has 148 valence electrons. The third-order valence-electron chi connectivity index (χ3n) is 6.46. The first kappa shape index (κ1) is 18.0. The van der Waals surface area contributed by atoms with Crippen LogP contribution in [0.15, 0.2) is 53.3 Å². The highest BCUT2D eigenvalue weighted by Crippen LogP contribution is 2.43. The summed E-state index contributed by atoms with van der Waals surface area (Å²) in [7, 11) is 0. The van der Waals surface area contributed by atoms with Gasteiger partial charge in [0.15, 0.2) is 0 Å². The summed E-state index contributed by atoms with van der Waals surface area (Å²) in [5.41, 5.74) is 1.53. The molecule has 2 aromatic carbocycles. The van der Waals surface area contributed by atoms with Gasteiger partial charge in [0, 0.05) is 17.5 Å². The number of aromatic nitrogens is 2. The van der Waals surface area contributed by atoms with E-state index in [4.69, 9.17) is 0 Å². The van der Waals surface area contributed by atoms with Gasteiger partial charge in [0.1, 0.15) is 5.82 Å². The quantitative estimate of drug-likeness (QED) is 0.743. The molecule has 2 aliphatic rings. The van der Waals surface area contributed by atoms with Crippen LogP contribution >= 0.6 is 0 Å². The number of aromatic amines is 1. The Morgan fingerprint density at radius 1 is 1.03 bits per heavy atom. The molecule has 2 fully saturated rings. The van der Waals surface area contributed by atoms with Crippen molar-refractivity contribution < 1.29 is 9.18 Å². The Hall–Kier alpha value is -3.02. The molecule has 0 saturated carbocycles. The number of benzene rings is 2. The number of nitrogens with one attached hydrogen (secondary N) is 1. The van der Waals surface area contributed by atoms with E-state index in [1.807, 2.05) is 35.2 Å². The van der Waals surface area contributed by atoms with Crippen LogP contribution in [0.1, 0.15) is 42.9 Å². The molecule has 2 saturated heterocycles. The largest absolute Gasteiger partial charge is 0.336 e. The van der Waals surface area contributed by atoms with E-state index in [-0.39, 0.29) is 35.8 Å². The monoisotopic (exact) mass is 391 g/mol. The Morgan fingerprint density at radius 2 is 1.69 bits per heavy atom. The van der Waals surface area contributed by atoms with Gasteiger partial charge in [-0.15, -0.1) is 0 Å². The molecule has 3 heterocycles. The lowest BCUT2D eigenvalue weighted by Gasteiger charge is -2.39. The van der Waals surface area contributed by atoms with E-state index in [0.717, 1.165) is 36.6 Å². The first-order valence-electron chi connectivity index (χ1n) is 10.1. The van der Waals surface area contributed by atoms with Gasteiger partial charge in [0.25, 0.3) is 5.56 Å². The van der Waals surface area contributed by atoms with Crippen LogP contribution in [0.25, 0.3) is 10.8 Å². The zero-order valence-electron chi connectivity index (χ0n) is 16.0. The predicted molar refractivity (Wildman–Crippen MR) is 108 cm³/mol. The first-order chi connectivity index (χ1) is 14.1. The minimum atomic E-state index is -0.239. The minimum Gasteiger partial charge on any atom is -0.336 e. The van der Waals surface area contributed by atoms with Gasteiger partial charge < -0.3 is 4.90 Å². The number of H-pyrrole nitrogens is 1. The summed E-state index contributed by atoms with van der Waals surface area (Å²) >= 11 is 0. The van der Waals surface area contributed by atoms with Crippen molar-refractivity contribution in [3.63, 3.8) is 0 Å². The molecule has 1 aromatic heterocycles. The number of amides is 1. The number of hydrogen-bond acceptors (Lipinski definition) is 3. The van der Waals surface area contributed by atoms with Crippen molar-refractivity contribution in [3.05, 3.63) is 76.0 Å². The first-order valence-corrected chi connectivity index (χ1v) is 10.1. The second-order valence-electron chi connectivity index (χ2n) is 8.13. The normalized spacial score (nSPS) is 23.5. The van der Waals surface area contributed by atoms with Crippen LogP contribution in [0.3, 0.4) is 0 Å². The molecule has 0 spiro atoms. The third-order valence-corrected chi connectivity index (χ3v) is 6.46. The summed E-state index contributed by atoms with van der Waals surface area (Å²) in [6.07, 6.45) is 4.02. The Kier molecular flexibility index (Phi) is 4.42. The van der Waals surface area contributed by atoms with Gasteiger partial charge in [-0.2, -0.15) is 5.10 Å². The van der Waals surface area contributed by atoms with E-state index < -0.39 is 0 Å². The molecule has 5 nitrogen and oxygen atoms in total. The van der Waals surface area contributed by atoms with Crippen LogP contribution in [0.4, 0.5) is 4.39 Å². The van der Waals surface area contributed by atoms with Crippen LogP contribution in [-0.2, 0) is 11.2 Å². The van der Waals surface area contributed by atoms with Crippen molar-refractivity contribution in [1.29, 1.82) is 0 Å². The zero-order chi connectivity index (χ0) is 20.0. The molecular formula is C23H22FN3O2. The summed E-state index contributed by atoms with van der Waals surface area (Å²) < 4.78 is 13.2. The highest BCUT2D eigenvalue weighted by Gasteiger charge is 2.43. The van der Waals surface area contributed by atoms with E-state index in [2.05, 4.69) is 10.2 Å². The zero-order valence-corrected chi connectivity index (χ0v) is 16.0. The minimum absolute atomic E-state index is 0.0692. The summed E-state index contributed by atoms with van der Waals surface area (Å²) in [5, 5.41) is 7.97. The fraction of sp³-hybridized carbons (Fsp3) is 0.348. The maximum atomic E-state index is 13.2. The van der Waals surface area contributed by atoms with Crippen molar-refractivity contribution in [3.8, 4) is 0 Å². The summed E-state index contributed by atoms with van der Waals surface area (Å²) in [5.74, 6) is 0.217. The van der Waals surface area contributed by atoms with E-state index in [1.54, 1.807) is 6.07 Å². The summed E-state index contributed by atoms with van der Waals surface area (Å²) in [6.45, 7) is 0. The Bertz CT molecular complexity index is 1110. The predicted octanol–water partition coefficient (Wildman–Crippen LogP) is 3.54. The van der Waals surface area contributed by atoms with Gasteiger partial charge in [0.05, 0.1) is 17.5 Å². The molecule has 0 unspecified atom stereocenters. The van der Waals surface area contributed by atoms with Crippen molar-refractivity contribution in [1.82, 2.24) is 15.1 Å². The number of carbonyl (C=O) groups excluding carboxylic acids is 1. The SMILES string of the molecule is O=C(Cc1n[nH]c(=O)c2ccccc12)N1[C@@H]2CC[C@@H]1CC(c1ccc(F)cc1)C2. The fourth-order valence-corrected chi connectivity index (χ4v) is 5.13. The Balaban J connectivity index is 1.36. The van der Waals surface area contributed by atoms with Crippen molar-refractivity contribution in [2.75, 3.05) is 0 Å². The molecule has 1 amide bonds. The molecule has 3 aromatic rings. The summed E-state index contributed by atoms with van der Waals surface area (Å²) in [4.78, 5) is 27.2. The van der Waals surface area contributed by atoms with Crippen LogP contribution in [0, 0.1) is 5.82 Å². The molecule has 5 rings (SSSR count). The highest BCUT2D eigenvalue weighted by molar-refractivity contribution is 5.88. The van der Waals surface area contributed by atoms with Crippen molar-refractivity contribution in [2.24, 2.45) is 0 Å². The van der Waals surface area contributed by atoms with Crippen molar-refractivity contribution in [2.45, 2.75) is 50.1 Å². The lowest BCUT2D eigenvalue weighted by molar-refractivity contribution is -0.135. The number of hydrogen-bond donors (Lipinski definition) is 1. The van der Waals surface area contributed by atoms with Crippen LogP contribution < -0.4 is 5.56 Å². The van der Waals surface area contributed by atoms with Gasteiger partial charge in [-0.05, 0) is 55.4 Å². The molecule has 6 heteroatoms. The molecule has 0 radical (unpaired) electrons.